The van der Waals surface area contributed by atoms with Crippen molar-refractivity contribution in [2.24, 2.45) is 5.41 Å². The number of hydrogen-bond donors (Lipinski definition) is 1. The first-order valence-electron chi connectivity index (χ1n) is 5.99. The van der Waals surface area contributed by atoms with Crippen LogP contribution in [-0.4, -0.2) is 17.3 Å². The molecule has 0 spiro atoms. The molecule has 1 fully saturated rings. The molecular weight excluding hydrogens is 254 g/mol. The van der Waals surface area contributed by atoms with E-state index in [1.165, 1.54) is 12.8 Å². The summed E-state index contributed by atoms with van der Waals surface area (Å²) in [6, 6.07) is 0.342. The molecule has 1 unspecified atom stereocenters. The lowest BCUT2D eigenvalue weighted by Crippen LogP contribution is -2.43. The Hall–Kier alpha value is -0.0500. The second-order valence-corrected chi connectivity index (χ2v) is 5.62. The molecule has 15 heavy (non-hydrogen) atoms. The van der Waals surface area contributed by atoms with Crippen molar-refractivity contribution in [3.63, 3.8) is 0 Å². The fraction of sp³-hybridized carbons (Fsp3) is 0.917. The highest BCUT2D eigenvalue weighted by molar-refractivity contribution is 9.09. The molecule has 1 saturated carbocycles. The van der Waals surface area contributed by atoms with E-state index in [0.717, 1.165) is 31.0 Å². The molecule has 2 nitrogen and oxygen atoms in total. The van der Waals surface area contributed by atoms with Crippen LogP contribution in [0, 0.1) is 5.41 Å². The third-order valence-electron chi connectivity index (χ3n) is 3.54. The highest BCUT2D eigenvalue weighted by Gasteiger charge is 2.36. The Kier molecular flexibility index (Phi) is 5.10. The van der Waals surface area contributed by atoms with Crippen LogP contribution in [0.5, 0.6) is 0 Å². The van der Waals surface area contributed by atoms with Gasteiger partial charge in [0.1, 0.15) is 0 Å². The largest absolute Gasteiger partial charge is 0.353 e. The Bertz CT molecular complexity index is 212. The van der Waals surface area contributed by atoms with Gasteiger partial charge in [0.15, 0.2) is 0 Å². The van der Waals surface area contributed by atoms with Gasteiger partial charge in [-0.3, -0.25) is 4.79 Å². The molecule has 1 rings (SSSR count). The predicted molar refractivity (Wildman–Crippen MR) is 67.2 cm³/mol. The zero-order valence-corrected chi connectivity index (χ0v) is 11.4. The van der Waals surface area contributed by atoms with Crippen molar-refractivity contribution in [2.75, 3.05) is 5.33 Å². The Morgan fingerprint density at radius 2 is 2.07 bits per heavy atom. The summed E-state index contributed by atoms with van der Waals surface area (Å²) in [5.74, 6) is 0.271. The van der Waals surface area contributed by atoms with E-state index in [1.807, 2.05) is 0 Å². The van der Waals surface area contributed by atoms with Gasteiger partial charge >= 0.3 is 0 Å². The van der Waals surface area contributed by atoms with Crippen molar-refractivity contribution >= 4 is 21.8 Å². The van der Waals surface area contributed by atoms with Crippen LogP contribution in [0.1, 0.15) is 52.4 Å². The predicted octanol–water partition coefficient (Wildman–Crippen LogP) is 3.25. The van der Waals surface area contributed by atoms with Gasteiger partial charge in [0.05, 0.1) is 0 Å². The lowest BCUT2D eigenvalue weighted by molar-refractivity contribution is -0.130. The summed E-state index contributed by atoms with van der Waals surface area (Å²) in [5.41, 5.74) is -0.0836. The third-order valence-corrected chi connectivity index (χ3v) is 4.00. The molecule has 3 heteroatoms. The van der Waals surface area contributed by atoms with Gasteiger partial charge in [0.25, 0.3) is 0 Å². The summed E-state index contributed by atoms with van der Waals surface area (Å²) in [6.07, 6.45) is 6.58. The van der Waals surface area contributed by atoms with E-state index in [2.05, 4.69) is 35.1 Å². The first kappa shape index (κ1) is 13.0. The van der Waals surface area contributed by atoms with Crippen LogP contribution in [0.25, 0.3) is 0 Å². The number of amides is 1. The monoisotopic (exact) mass is 275 g/mol. The highest BCUT2D eigenvalue weighted by Crippen LogP contribution is 2.37. The first-order chi connectivity index (χ1) is 7.12. The molecule has 0 heterocycles. The molecule has 0 aromatic carbocycles. The number of rotatable bonds is 5. The van der Waals surface area contributed by atoms with Gasteiger partial charge in [0.2, 0.25) is 5.91 Å². The van der Waals surface area contributed by atoms with Crippen LogP contribution in [0.15, 0.2) is 0 Å². The zero-order chi connectivity index (χ0) is 11.3. The van der Waals surface area contributed by atoms with Crippen molar-refractivity contribution in [1.29, 1.82) is 0 Å². The van der Waals surface area contributed by atoms with Crippen LogP contribution in [0.2, 0.25) is 0 Å². The molecule has 0 aromatic heterocycles. The molecule has 0 saturated heterocycles. The number of halogens is 1. The topological polar surface area (TPSA) is 29.1 Å². The fourth-order valence-electron chi connectivity index (χ4n) is 2.25. The lowest BCUT2D eigenvalue weighted by atomic mass is 9.87. The molecule has 0 radical (unpaired) electrons. The quantitative estimate of drug-likeness (QED) is 0.767. The van der Waals surface area contributed by atoms with Crippen molar-refractivity contribution in [3.05, 3.63) is 0 Å². The minimum Gasteiger partial charge on any atom is -0.353 e. The summed E-state index contributed by atoms with van der Waals surface area (Å²) >= 11 is 3.43. The maximum absolute atomic E-state index is 12.1. The SMILES string of the molecule is CCC(CCBr)NC(=O)C1(C)CCCC1. The molecule has 0 aromatic rings. The highest BCUT2D eigenvalue weighted by atomic mass is 79.9. The summed E-state index contributed by atoms with van der Waals surface area (Å²) < 4.78 is 0. The van der Waals surface area contributed by atoms with E-state index in [4.69, 9.17) is 0 Å². The standard InChI is InChI=1S/C12H22BrNO/c1-3-10(6-9-13)14-11(15)12(2)7-4-5-8-12/h10H,3-9H2,1-2H3,(H,14,15). The number of carbonyl (C=O) groups excluding carboxylic acids is 1. The minimum absolute atomic E-state index is 0.0836. The summed E-state index contributed by atoms with van der Waals surface area (Å²) in [5, 5.41) is 4.14. The number of hydrogen-bond acceptors (Lipinski definition) is 1. The first-order valence-corrected chi connectivity index (χ1v) is 7.11. The average Bonchev–Trinajstić information content (AvgIpc) is 2.65. The Morgan fingerprint density at radius 1 is 1.47 bits per heavy atom. The van der Waals surface area contributed by atoms with Crippen LogP contribution >= 0.6 is 15.9 Å². The Balaban J connectivity index is 2.45. The van der Waals surface area contributed by atoms with E-state index in [9.17, 15) is 4.79 Å². The van der Waals surface area contributed by atoms with Gasteiger partial charge in [0, 0.05) is 16.8 Å². The molecule has 88 valence electrons. The van der Waals surface area contributed by atoms with Crippen molar-refractivity contribution < 1.29 is 4.79 Å². The molecular formula is C12H22BrNO. The van der Waals surface area contributed by atoms with Crippen molar-refractivity contribution in [3.8, 4) is 0 Å². The third kappa shape index (κ3) is 3.47. The lowest BCUT2D eigenvalue weighted by Gasteiger charge is -2.26. The van der Waals surface area contributed by atoms with Gasteiger partial charge in [-0.2, -0.15) is 0 Å². The molecule has 1 aliphatic rings. The van der Waals surface area contributed by atoms with Crippen molar-refractivity contribution in [2.45, 2.75) is 58.4 Å². The maximum atomic E-state index is 12.1. The van der Waals surface area contributed by atoms with E-state index >= 15 is 0 Å². The van der Waals surface area contributed by atoms with E-state index < -0.39 is 0 Å². The second kappa shape index (κ2) is 5.88. The normalized spacial score (nSPS) is 21.3. The summed E-state index contributed by atoms with van der Waals surface area (Å²) in [7, 11) is 0. The van der Waals surface area contributed by atoms with Gasteiger partial charge in [-0.05, 0) is 25.7 Å². The van der Waals surface area contributed by atoms with E-state index in [1.54, 1.807) is 0 Å². The molecule has 0 bridgehead atoms. The summed E-state index contributed by atoms with van der Waals surface area (Å²) in [4.78, 5) is 12.1. The van der Waals surface area contributed by atoms with Gasteiger partial charge < -0.3 is 5.32 Å². The van der Waals surface area contributed by atoms with Crippen LogP contribution < -0.4 is 5.32 Å². The average molecular weight is 276 g/mol. The maximum Gasteiger partial charge on any atom is 0.226 e. The molecule has 1 amide bonds. The van der Waals surface area contributed by atoms with E-state index in [-0.39, 0.29) is 11.3 Å². The Morgan fingerprint density at radius 3 is 2.53 bits per heavy atom. The second-order valence-electron chi connectivity index (χ2n) is 4.82. The number of nitrogens with one attached hydrogen (secondary N) is 1. The van der Waals surface area contributed by atoms with Crippen LogP contribution in [0.3, 0.4) is 0 Å². The molecule has 1 aliphatic carbocycles. The van der Waals surface area contributed by atoms with Gasteiger partial charge in [-0.1, -0.05) is 42.6 Å². The van der Waals surface area contributed by atoms with Crippen molar-refractivity contribution in [1.82, 2.24) is 5.32 Å². The summed E-state index contributed by atoms with van der Waals surface area (Å²) in [6.45, 7) is 4.24. The molecule has 0 aliphatic heterocycles. The zero-order valence-electron chi connectivity index (χ0n) is 9.81. The Labute approximate surface area is 101 Å². The van der Waals surface area contributed by atoms with Crippen LogP contribution in [0.4, 0.5) is 0 Å². The smallest absolute Gasteiger partial charge is 0.226 e. The van der Waals surface area contributed by atoms with Gasteiger partial charge in [-0.15, -0.1) is 0 Å². The minimum atomic E-state index is -0.0836. The number of alkyl halides is 1. The fourth-order valence-corrected chi connectivity index (χ4v) is 2.80. The van der Waals surface area contributed by atoms with E-state index in [0.29, 0.717) is 6.04 Å². The van der Waals surface area contributed by atoms with Gasteiger partial charge in [-0.25, -0.2) is 0 Å². The number of carbonyl (C=O) groups is 1. The molecule has 1 atom stereocenters. The molecule has 1 N–H and O–H groups in total. The van der Waals surface area contributed by atoms with Crippen LogP contribution in [-0.2, 0) is 4.79 Å².